The average Bonchev–Trinajstić information content (AvgIpc) is 2.54. The molecule has 0 aliphatic rings. The maximum atomic E-state index is 12.2. The molecule has 6 nitrogen and oxygen atoms in total. The molecule has 0 saturated heterocycles. The van der Waals surface area contributed by atoms with Crippen LogP contribution in [-0.4, -0.2) is 20.7 Å². The van der Waals surface area contributed by atoms with Crippen molar-refractivity contribution in [3.05, 3.63) is 64.2 Å². The van der Waals surface area contributed by atoms with Crippen molar-refractivity contribution in [3.8, 4) is 0 Å². The summed E-state index contributed by atoms with van der Waals surface area (Å²) >= 11 is 5.86. The molecule has 3 aromatic rings. The van der Waals surface area contributed by atoms with Gasteiger partial charge in [0.25, 0.3) is 5.56 Å². The van der Waals surface area contributed by atoms with Crippen LogP contribution < -0.4 is 10.9 Å². The standard InChI is InChI=1S/C16H13ClN4O2/c17-12-4-1-5-13(9-12)20-14(22)6-8-21-16(23)15-11(10-19-21)3-2-7-18-15/h1-5,7,9-10H,6,8H2,(H,20,22). The highest BCUT2D eigenvalue weighted by molar-refractivity contribution is 6.30. The second-order valence-electron chi connectivity index (χ2n) is 4.92. The molecule has 2 aromatic heterocycles. The molecule has 0 atom stereocenters. The fraction of sp³-hybridized carbons (Fsp3) is 0.125. The summed E-state index contributed by atoms with van der Waals surface area (Å²) in [5.74, 6) is -0.220. The molecule has 1 N–H and O–H groups in total. The van der Waals surface area contributed by atoms with Crippen molar-refractivity contribution in [3.63, 3.8) is 0 Å². The summed E-state index contributed by atoms with van der Waals surface area (Å²) in [6, 6.07) is 10.4. The molecule has 0 unspecified atom stereocenters. The molecule has 0 spiro atoms. The first kappa shape index (κ1) is 15.2. The minimum atomic E-state index is -0.307. The third-order valence-corrected chi connectivity index (χ3v) is 3.51. The zero-order valence-corrected chi connectivity index (χ0v) is 12.8. The maximum Gasteiger partial charge on any atom is 0.293 e. The van der Waals surface area contributed by atoms with Crippen LogP contribution in [-0.2, 0) is 11.3 Å². The zero-order chi connectivity index (χ0) is 16.2. The van der Waals surface area contributed by atoms with Crippen LogP contribution in [0.3, 0.4) is 0 Å². The topological polar surface area (TPSA) is 76.9 Å². The number of rotatable bonds is 4. The van der Waals surface area contributed by atoms with Gasteiger partial charge in [-0.15, -0.1) is 0 Å². The molecule has 1 aromatic carbocycles. The molecule has 0 bridgehead atoms. The third-order valence-electron chi connectivity index (χ3n) is 3.27. The van der Waals surface area contributed by atoms with Gasteiger partial charge in [-0.1, -0.05) is 17.7 Å². The van der Waals surface area contributed by atoms with Gasteiger partial charge in [-0.25, -0.2) is 4.68 Å². The number of aromatic nitrogens is 3. The fourth-order valence-corrected chi connectivity index (χ4v) is 2.35. The van der Waals surface area contributed by atoms with Crippen LogP contribution in [0.15, 0.2) is 53.6 Å². The van der Waals surface area contributed by atoms with Crippen LogP contribution in [0.2, 0.25) is 5.02 Å². The second-order valence-corrected chi connectivity index (χ2v) is 5.36. The number of benzene rings is 1. The predicted octanol–water partition coefficient (Wildman–Crippen LogP) is 2.47. The number of pyridine rings is 1. The number of halogens is 1. The van der Waals surface area contributed by atoms with Crippen LogP contribution in [0.4, 0.5) is 5.69 Å². The van der Waals surface area contributed by atoms with Gasteiger partial charge < -0.3 is 5.32 Å². The average molecular weight is 329 g/mol. The van der Waals surface area contributed by atoms with E-state index in [9.17, 15) is 9.59 Å². The largest absolute Gasteiger partial charge is 0.326 e. The van der Waals surface area contributed by atoms with Crippen molar-refractivity contribution < 1.29 is 4.79 Å². The Morgan fingerprint density at radius 2 is 2.13 bits per heavy atom. The summed E-state index contributed by atoms with van der Waals surface area (Å²) in [5.41, 5.74) is 0.652. The Bertz CT molecular complexity index is 923. The quantitative estimate of drug-likeness (QED) is 0.798. The highest BCUT2D eigenvalue weighted by Gasteiger charge is 2.08. The number of anilines is 1. The molecule has 0 fully saturated rings. The summed E-state index contributed by atoms with van der Waals surface area (Å²) in [6.07, 6.45) is 3.25. The van der Waals surface area contributed by atoms with Gasteiger partial charge in [0.1, 0.15) is 5.52 Å². The van der Waals surface area contributed by atoms with Crippen molar-refractivity contribution >= 4 is 34.1 Å². The molecule has 7 heteroatoms. The highest BCUT2D eigenvalue weighted by atomic mass is 35.5. The highest BCUT2D eigenvalue weighted by Crippen LogP contribution is 2.15. The van der Waals surface area contributed by atoms with Gasteiger partial charge in [0.15, 0.2) is 0 Å². The molecular weight excluding hydrogens is 316 g/mol. The Kier molecular flexibility index (Phi) is 4.34. The summed E-state index contributed by atoms with van der Waals surface area (Å²) < 4.78 is 1.24. The van der Waals surface area contributed by atoms with Gasteiger partial charge in [0, 0.05) is 28.7 Å². The first-order chi connectivity index (χ1) is 11.1. The number of amides is 1. The molecule has 0 saturated carbocycles. The lowest BCUT2D eigenvalue weighted by Gasteiger charge is -2.07. The normalized spacial score (nSPS) is 10.7. The molecule has 116 valence electrons. The first-order valence-corrected chi connectivity index (χ1v) is 7.37. The second kappa shape index (κ2) is 6.58. The number of carbonyl (C=O) groups is 1. The lowest BCUT2D eigenvalue weighted by molar-refractivity contribution is -0.116. The Labute approximate surface area is 136 Å². The van der Waals surface area contributed by atoms with Crippen LogP contribution in [0.1, 0.15) is 6.42 Å². The molecule has 2 heterocycles. The molecule has 0 aliphatic heterocycles. The van der Waals surface area contributed by atoms with Gasteiger partial charge in [-0.05, 0) is 30.3 Å². The number of nitrogens with zero attached hydrogens (tertiary/aromatic N) is 3. The van der Waals surface area contributed by atoms with Crippen LogP contribution in [0, 0.1) is 0 Å². The van der Waals surface area contributed by atoms with Crippen LogP contribution >= 0.6 is 11.6 Å². The molecule has 1 amide bonds. The van der Waals surface area contributed by atoms with E-state index in [1.165, 1.54) is 4.68 Å². The Morgan fingerprint density at radius 3 is 2.96 bits per heavy atom. The van der Waals surface area contributed by atoms with Crippen LogP contribution in [0.5, 0.6) is 0 Å². The molecule has 0 radical (unpaired) electrons. The monoisotopic (exact) mass is 328 g/mol. The van der Waals surface area contributed by atoms with Gasteiger partial charge in [0.05, 0.1) is 12.7 Å². The van der Waals surface area contributed by atoms with Crippen molar-refractivity contribution in [2.24, 2.45) is 0 Å². The predicted molar refractivity (Wildman–Crippen MR) is 88.5 cm³/mol. The Hall–Kier alpha value is -2.73. The molecule has 23 heavy (non-hydrogen) atoms. The van der Waals surface area contributed by atoms with E-state index in [4.69, 9.17) is 11.6 Å². The van der Waals surface area contributed by atoms with Gasteiger partial charge in [-0.3, -0.25) is 14.6 Å². The van der Waals surface area contributed by atoms with Crippen LogP contribution in [0.25, 0.3) is 10.9 Å². The van der Waals surface area contributed by atoms with Gasteiger partial charge in [0.2, 0.25) is 5.91 Å². The van der Waals surface area contributed by atoms with Crippen molar-refractivity contribution in [1.82, 2.24) is 14.8 Å². The third kappa shape index (κ3) is 3.54. The number of hydrogen-bond donors (Lipinski definition) is 1. The van der Waals surface area contributed by atoms with E-state index in [1.807, 2.05) is 0 Å². The van der Waals surface area contributed by atoms with E-state index in [0.29, 0.717) is 21.6 Å². The minimum Gasteiger partial charge on any atom is -0.326 e. The minimum absolute atomic E-state index is 0.123. The van der Waals surface area contributed by atoms with E-state index in [2.05, 4.69) is 15.4 Å². The Balaban J connectivity index is 1.70. The number of aryl methyl sites for hydroxylation is 1. The SMILES string of the molecule is O=C(CCn1ncc2cccnc2c1=O)Nc1cccc(Cl)c1. The van der Waals surface area contributed by atoms with Crippen molar-refractivity contribution in [2.75, 3.05) is 5.32 Å². The van der Waals surface area contributed by atoms with Crippen molar-refractivity contribution in [1.29, 1.82) is 0 Å². The van der Waals surface area contributed by atoms with Crippen molar-refractivity contribution in [2.45, 2.75) is 13.0 Å². The van der Waals surface area contributed by atoms with Gasteiger partial charge in [-0.2, -0.15) is 5.10 Å². The maximum absolute atomic E-state index is 12.2. The Morgan fingerprint density at radius 1 is 1.26 bits per heavy atom. The summed E-state index contributed by atoms with van der Waals surface area (Å²) in [6.45, 7) is 0.178. The summed E-state index contributed by atoms with van der Waals surface area (Å²) in [4.78, 5) is 28.2. The fourth-order valence-electron chi connectivity index (χ4n) is 2.16. The summed E-state index contributed by atoms with van der Waals surface area (Å²) in [5, 5.41) is 8.01. The molecule has 3 rings (SSSR count). The van der Waals surface area contributed by atoms with E-state index < -0.39 is 0 Å². The first-order valence-electron chi connectivity index (χ1n) is 7.00. The summed E-state index contributed by atoms with van der Waals surface area (Å²) in [7, 11) is 0. The smallest absolute Gasteiger partial charge is 0.293 e. The van der Waals surface area contributed by atoms with E-state index >= 15 is 0 Å². The number of hydrogen-bond acceptors (Lipinski definition) is 4. The van der Waals surface area contributed by atoms with Gasteiger partial charge >= 0.3 is 0 Å². The lowest BCUT2D eigenvalue weighted by atomic mass is 10.3. The number of carbonyl (C=O) groups excluding carboxylic acids is 1. The number of nitrogens with one attached hydrogen (secondary N) is 1. The lowest BCUT2D eigenvalue weighted by Crippen LogP contribution is -2.25. The van der Waals surface area contributed by atoms with E-state index in [1.54, 1.807) is 48.8 Å². The zero-order valence-electron chi connectivity index (χ0n) is 12.1. The molecule has 0 aliphatic carbocycles. The van der Waals surface area contributed by atoms with E-state index in [0.717, 1.165) is 0 Å². The number of fused-ring (bicyclic) bond motifs is 1. The molecular formula is C16H13ClN4O2. The van der Waals surface area contributed by atoms with E-state index in [-0.39, 0.29) is 24.4 Å².